The van der Waals surface area contributed by atoms with E-state index in [2.05, 4.69) is 15.1 Å². The van der Waals surface area contributed by atoms with Crippen LogP contribution in [0.3, 0.4) is 0 Å². The van der Waals surface area contributed by atoms with Gasteiger partial charge in [-0.2, -0.15) is 13.2 Å². The summed E-state index contributed by atoms with van der Waals surface area (Å²) in [4.78, 5) is 19.2. The van der Waals surface area contributed by atoms with Crippen LogP contribution in [0.1, 0.15) is 16.7 Å². The summed E-state index contributed by atoms with van der Waals surface area (Å²) in [6.45, 7) is -1.08. The van der Waals surface area contributed by atoms with Crippen molar-refractivity contribution in [3.63, 3.8) is 0 Å². The van der Waals surface area contributed by atoms with Crippen molar-refractivity contribution in [1.29, 1.82) is 0 Å². The van der Waals surface area contributed by atoms with Crippen molar-refractivity contribution in [2.24, 2.45) is 0 Å². The van der Waals surface area contributed by atoms with Crippen molar-refractivity contribution >= 4 is 17.7 Å². The lowest BCUT2D eigenvalue weighted by Gasteiger charge is -2.09. The zero-order valence-electron chi connectivity index (χ0n) is 14.1. The summed E-state index contributed by atoms with van der Waals surface area (Å²) < 4.78 is 53.0. The molecule has 0 unspecified atom stereocenters. The number of nitrogens with zero attached hydrogens (tertiary/aromatic N) is 4. The molecule has 1 N–H and O–H groups in total. The molecule has 0 bridgehead atoms. The Labute approximate surface area is 155 Å². The van der Waals surface area contributed by atoms with Crippen LogP contribution in [0.15, 0.2) is 49.1 Å². The number of carboxylic acid groups (broad SMARTS) is 1. The minimum Gasteiger partial charge on any atom is -0.478 e. The van der Waals surface area contributed by atoms with Gasteiger partial charge in [0.25, 0.3) is 0 Å². The molecule has 10 heteroatoms. The fourth-order valence-electron chi connectivity index (χ4n) is 2.45. The molecule has 0 spiro atoms. The van der Waals surface area contributed by atoms with E-state index in [9.17, 15) is 27.5 Å². The zero-order valence-corrected chi connectivity index (χ0v) is 14.1. The third-order valence-corrected chi connectivity index (χ3v) is 3.72. The first-order valence-corrected chi connectivity index (χ1v) is 7.82. The second kappa shape index (κ2) is 7.59. The second-order valence-corrected chi connectivity index (χ2v) is 5.68. The van der Waals surface area contributed by atoms with Crippen LogP contribution < -0.4 is 0 Å². The highest BCUT2D eigenvalue weighted by molar-refractivity contribution is 6.19. The summed E-state index contributed by atoms with van der Waals surface area (Å²) in [7, 11) is 0. The molecule has 1 aromatic carbocycles. The molecule has 0 aliphatic rings. The lowest BCUT2D eigenvalue weighted by Crippen LogP contribution is -2.06. The number of rotatable bonds is 5. The number of carbonyl (C=O) groups is 1. The van der Waals surface area contributed by atoms with Gasteiger partial charge in [-0.1, -0.05) is 0 Å². The van der Waals surface area contributed by atoms with E-state index < -0.39 is 24.4 Å². The van der Waals surface area contributed by atoms with Crippen LogP contribution in [0.5, 0.6) is 0 Å². The fraction of sp³-hybridized carbons (Fsp3) is 0.111. The molecule has 0 fully saturated rings. The van der Waals surface area contributed by atoms with Gasteiger partial charge in [-0.05, 0) is 41.5 Å². The lowest BCUT2D eigenvalue weighted by molar-refractivity contribution is -0.137. The van der Waals surface area contributed by atoms with E-state index >= 15 is 0 Å². The molecular weight excluding hydrogens is 380 g/mol. The number of benzene rings is 1. The topological polar surface area (TPSA) is 80.9 Å². The third kappa shape index (κ3) is 4.22. The van der Waals surface area contributed by atoms with E-state index in [-0.39, 0.29) is 22.5 Å². The highest BCUT2D eigenvalue weighted by atomic mass is 19.4. The van der Waals surface area contributed by atoms with Crippen LogP contribution in [0.2, 0.25) is 0 Å². The van der Waals surface area contributed by atoms with Crippen molar-refractivity contribution in [3.8, 4) is 11.4 Å². The Hall–Kier alpha value is -3.56. The first-order valence-electron chi connectivity index (χ1n) is 7.82. The maximum absolute atomic E-state index is 13.0. The maximum Gasteiger partial charge on any atom is 0.416 e. The average Bonchev–Trinajstić information content (AvgIpc) is 3.14. The standard InChI is InChI=1S/C18H12F4N4O2/c19-8-11-5-13(7-14(6-11)18(20,21)22)16-24-10-26(25-16)9-15(17(27)28)12-1-3-23-4-2-12/h1-7,9-10H,8H2,(H,27,28). The number of halogens is 4. The molecule has 144 valence electrons. The number of aromatic nitrogens is 4. The first kappa shape index (κ1) is 19.2. The summed E-state index contributed by atoms with van der Waals surface area (Å²) in [5, 5.41) is 13.4. The molecule has 2 heterocycles. The molecule has 3 rings (SSSR count). The van der Waals surface area contributed by atoms with Gasteiger partial charge in [0, 0.05) is 24.2 Å². The minimum absolute atomic E-state index is 0.0320. The van der Waals surface area contributed by atoms with Gasteiger partial charge in [0.2, 0.25) is 0 Å². The molecule has 0 atom stereocenters. The summed E-state index contributed by atoms with van der Waals surface area (Å²) >= 11 is 0. The number of hydrogen-bond donors (Lipinski definition) is 1. The van der Waals surface area contributed by atoms with Crippen LogP contribution in [0.4, 0.5) is 17.6 Å². The van der Waals surface area contributed by atoms with Crippen molar-refractivity contribution in [3.05, 3.63) is 65.7 Å². The van der Waals surface area contributed by atoms with E-state index in [4.69, 9.17) is 0 Å². The van der Waals surface area contributed by atoms with Crippen molar-refractivity contribution in [2.45, 2.75) is 12.9 Å². The van der Waals surface area contributed by atoms with Crippen LogP contribution in [0.25, 0.3) is 23.2 Å². The molecule has 0 aliphatic carbocycles. The van der Waals surface area contributed by atoms with Crippen molar-refractivity contribution in [2.75, 3.05) is 0 Å². The Balaban J connectivity index is 2.01. The van der Waals surface area contributed by atoms with Gasteiger partial charge in [-0.15, -0.1) is 5.10 Å². The van der Waals surface area contributed by atoms with Crippen LogP contribution in [-0.2, 0) is 17.6 Å². The van der Waals surface area contributed by atoms with Gasteiger partial charge >= 0.3 is 12.1 Å². The molecular formula is C18H12F4N4O2. The highest BCUT2D eigenvalue weighted by Crippen LogP contribution is 2.33. The van der Waals surface area contributed by atoms with Crippen LogP contribution in [0, 0.1) is 0 Å². The lowest BCUT2D eigenvalue weighted by atomic mass is 10.1. The molecule has 6 nitrogen and oxygen atoms in total. The normalized spacial score (nSPS) is 12.2. The summed E-state index contributed by atoms with van der Waals surface area (Å²) in [6.07, 6.45) is 0.493. The van der Waals surface area contributed by atoms with E-state index in [1.807, 2.05) is 0 Å². The van der Waals surface area contributed by atoms with Crippen LogP contribution in [-0.4, -0.2) is 30.8 Å². The number of alkyl halides is 4. The molecule has 3 aromatic rings. The van der Waals surface area contributed by atoms with E-state index in [0.29, 0.717) is 11.6 Å². The Morgan fingerprint density at radius 3 is 2.50 bits per heavy atom. The van der Waals surface area contributed by atoms with Gasteiger partial charge in [0.15, 0.2) is 5.82 Å². The molecule has 28 heavy (non-hydrogen) atoms. The van der Waals surface area contributed by atoms with E-state index in [0.717, 1.165) is 23.3 Å². The summed E-state index contributed by atoms with van der Waals surface area (Å²) in [5.74, 6) is -1.33. The SMILES string of the molecule is O=C(O)C(=Cn1cnc(-c2cc(CF)cc(C(F)(F)F)c2)n1)c1ccncc1. The van der Waals surface area contributed by atoms with Gasteiger partial charge in [-0.25, -0.2) is 18.9 Å². The Morgan fingerprint density at radius 2 is 1.89 bits per heavy atom. The summed E-state index contributed by atoms with van der Waals surface area (Å²) in [6, 6.07) is 5.70. The number of aliphatic carboxylic acids is 1. The minimum atomic E-state index is -4.65. The quantitative estimate of drug-likeness (QED) is 0.526. The second-order valence-electron chi connectivity index (χ2n) is 5.68. The van der Waals surface area contributed by atoms with Crippen molar-refractivity contribution in [1.82, 2.24) is 19.7 Å². The third-order valence-electron chi connectivity index (χ3n) is 3.72. The van der Waals surface area contributed by atoms with Crippen molar-refractivity contribution < 1.29 is 27.5 Å². The zero-order chi connectivity index (χ0) is 20.3. The predicted octanol–water partition coefficient (Wildman–Crippen LogP) is 3.91. The number of hydrogen-bond acceptors (Lipinski definition) is 4. The smallest absolute Gasteiger partial charge is 0.416 e. The molecule has 0 amide bonds. The molecule has 2 aromatic heterocycles. The fourth-order valence-corrected chi connectivity index (χ4v) is 2.45. The van der Waals surface area contributed by atoms with Gasteiger partial charge in [0.1, 0.15) is 13.0 Å². The van der Waals surface area contributed by atoms with Gasteiger partial charge < -0.3 is 5.11 Å². The Bertz CT molecular complexity index is 1030. The summed E-state index contributed by atoms with van der Waals surface area (Å²) in [5.41, 5.74) is -0.978. The average molecular weight is 392 g/mol. The Morgan fingerprint density at radius 1 is 1.18 bits per heavy atom. The predicted molar refractivity (Wildman–Crippen MR) is 91.3 cm³/mol. The van der Waals surface area contributed by atoms with Gasteiger partial charge in [0.05, 0.1) is 11.1 Å². The molecule has 0 aliphatic heterocycles. The van der Waals surface area contributed by atoms with Gasteiger partial charge in [-0.3, -0.25) is 4.98 Å². The Kier molecular flexibility index (Phi) is 5.21. The monoisotopic (exact) mass is 392 g/mol. The van der Waals surface area contributed by atoms with E-state index in [1.165, 1.54) is 30.6 Å². The van der Waals surface area contributed by atoms with Crippen LogP contribution >= 0.6 is 0 Å². The number of pyridine rings is 1. The number of carboxylic acids is 1. The largest absolute Gasteiger partial charge is 0.478 e. The molecule has 0 radical (unpaired) electrons. The highest BCUT2D eigenvalue weighted by Gasteiger charge is 2.31. The van der Waals surface area contributed by atoms with E-state index in [1.54, 1.807) is 0 Å². The molecule has 0 saturated carbocycles. The first-order chi connectivity index (χ1) is 13.3. The molecule has 0 saturated heterocycles. The maximum atomic E-state index is 13.0.